The zero-order valence-electron chi connectivity index (χ0n) is 13.2. The van der Waals surface area contributed by atoms with Crippen LogP contribution in [0.1, 0.15) is 20.8 Å². The van der Waals surface area contributed by atoms with E-state index >= 15 is 0 Å². The van der Waals surface area contributed by atoms with E-state index in [1.165, 1.54) is 17.1 Å². The molecular weight excluding hydrogens is 330 g/mol. The van der Waals surface area contributed by atoms with Gasteiger partial charge in [0.05, 0.1) is 18.4 Å². The van der Waals surface area contributed by atoms with E-state index in [4.69, 9.17) is 5.73 Å². The van der Waals surface area contributed by atoms with Crippen LogP contribution in [0.15, 0.2) is 17.6 Å². The van der Waals surface area contributed by atoms with E-state index < -0.39 is 21.5 Å². The number of rotatable bonds is 7. The highest BCUT2D eigenvalue weighted by Crippen LogP contribution is 2.14. The van der Waals surface area contributed by atoms with Crippen LogP contribution >= 0.6 is 12.4 Å². The Morgan fingerprint density at radius 2 is 2.09 bits per heavy atom. The number of hydrogen-bond donors (Lipinski definition) is 3. The Kier molecular flexibility index (Phi) is 7.49. The molecule has 10 heteroatoms. The molecular formula is C12H24ClN5O3S. The molecule has 0 aliphatic heterocycles. The van der Waals surface area contributed by atoms with Crippen LogP contribution in [0, 0.1) is 5.92 Å². The standard InChI is InChI=1S/C12H23N5O3S.ClH/c1-9(2)12(3,7-13)16-10(18)5-15-21(19,20)11-6-17(4)8-14-11;/h6,8-9,15H,5,7,13H2,1-4H3,(H,16,18);1H. The van der Waals surface area contributed by atoms with Gasteiger partial charge in [0, 0.05) is 19.8 Å². The Morgan fingerprint density at radius 1 is 1.50 bits per heavy atom. The van der Waals surface area contributed by atoms with Gasteiger partial charge in [-0.3, -0.25) is 4.79 Å². The number of imidazole rings is 1. The van der Waals surface area contributed by atoms with Gasteiger partial charge in [0.1, 0.15) is 0 Å². The summed E-state index contributed by atoms with van der Waals surface area (Å²) in [6.07, 6.45) is 2.73. The highest BCUT2D eigenvalue weighted by Gasteiger charge is 2.29. The molecule has 4 N–H and O–H groups in total. The van der Waals surface area contributed by atoms with Gasteiger partial charge in [0.15, 0.2) is 5.03 Å². The van der Waals surface area contributed by atoms with Gasteiger partial charge in [-0.05, 0) is 12.8 Å². The molecule has 0 saturated heterocycles. The van der Waals surface area contributed by atoms with E-state index in [0.29, 0.717) is 0 Å². The van der Waals surface area contributed by atoms with Crippen molar-refractivity contribution in [3.63, 3.8) is 0 Å². The molecule has 0 aromatic carbocycles. The molecule has 1 aromatic heterocycles. The molecule has 1 amide bonds. The number of carbonyl (C=O) groups excluding carboxylic acids is 1. The van der Waals surface area contributed by atoms with Crippen molar-refractivity contribution in [3.05, 3.63) is 12.5 Å². The highest BCUT2D eigenvalue weighted by molar-refractivity contribution is 7.89. The first-order valence-corrected chi connectivity index (χ1v) is 8.08. The smallest absolute Gasteiger partial charge is 0.260 e. The fourth-order valence-electron chi connectivity index (χ4n) is 1.56. The van der Waals surface area contributed by atoms with E-state index in [9.17, 15) is 13.2 Å². The number of aryl methyl sites for hydroxylation is 1. The summed E-state index contributed by atoms with van der Waals surface area (Å²) in [6, 6.07) is 0. The Bertz CT molecular complexity index is 602. The molecule has 1 aromatic rings. The predicted molar refractivity (Wildman–Crippen MR) is 86.1 cm³/mol. The number of nitrogens with zero attached hydrogens (tertiary/aromatic N) is 2. The van der Waals surface area contributed by atoms with Gasteiger partial charge < -0.3 is 15.6 Å². The van der Waals surface area contributed by atoms with Crippen LogP contribution in [-0.4, -0.2) is 42.5 Å². The van der Waals surface area contributed by atoms with Crippen molar-refractivity contribution in [2.45, 2.75) is 31.3 Å². The topological polar surface area (TPSA) is 119 Å². The number of nitrogens with one attached hydrogen (secondary N) is 2. The minimum atomic E-state index is -3.79. The van der Waals surface area contributed by atoms with Gasteiger partial charge in [0.25, 0.3) is 10.0 Å². The summed E-state index contributed by atoms with van der Waals surface area (Å²) in [5, 5.41) is 2.63. The monoisotopic (exact) mass is 353 g/mol. The van der Waals surface area contributed by atoms with Crippen LogP contribution < -0.4 is 15.8 Å². The maximum Gasteiger partial charge on any atom is 0.260 e. The molecule has 22 heavy (non-hydrogen) atoms. The number of carbonyl (C=O) groups is 1. The summed E-state index contributed by atoms with van der Waals surface area (Å²) in [7, 11) is -2.13. The zero-order valence-corrected chi connectivity index (χ0v) is 14.8. The molecule has 0 spiro atoms. The number of amides is 1. The normalized spacial score (nSPS) is 14.3. The average Bonchev–Trinajstić information content (AvgIpc) is 2.83. The maximum absolute atomic E-state index is 11.9. The third-order valence-electron chi connectivity index (χ3n) is 3.50. The highest BCUT2D eigenvalue weighted by atomic mass is 35.5. The minimum Gasteiger partial charge on any atom is -0.348 e. The lowest BCUT2D eigenvalue weighted by Gasteiger charge is -2.33. The molecule has 1 unspecified atom stereocenters. The first-order chi connectivity index (χ1) is 9.60. The lowest BCUT2D eigenvalue weighted by molar-refractivity contribution is -0.122. The summed E-state index contributed by atoms with van der Waals surface area (Å²) >= 11 is 0. The minimum absolute atomic E-state index is 0. The van der Waals surface area contributed by atoms with Crippen LogP contribution in [0.25, 0.3) is 0 Å². The quantitative estimate of drug-likeness (QED) is 0.616. The molecule has 0 saturated carbocycles. The number of aromatic nitrogens is 2. The average molecular weight is 354 g/mol. The van der Waals surface area contributed by atoms with Crippen molar-refractivity contribution in [1.82, 2.24) is 19.6 Å². The Hall–Kier alpha value is -1.16. The number of hydrogen-bond acceptors (Lipinski definition) is 5. The summed E-state index contributed by atoms with van der Waals surface area (Å²) in [6.45, 7) is 5.60. The number of sulfonamides is 1. The summed E-state index contributed by atoms with van der Waals surface area (Å²) < 4.78 is 27.6. The molecule has 128 valence electrons. The SMILES string of the molecule is CC(C)C(C)(CN)NC(=O)CNS(=O)(=O)c1cn(C)cn1.Cl. The van der Waals surface area contributed by atoms with E-state index in [2.05, 4.69) is 15.0 Å². The Labute approximate surface area is 137 Å². The fourth-order valence-corrected chi connectivity index (χ4v) is 2.52. The van der Waals surface area contributed by atoms with Crippen molar-refractivity contribution in [3.8, 4) is 0 Å². The molecule has 1 rings (SSSR count). The summed E-state index contributed by atoms with van der Waals surface area (Å²) in [5.41, 5.74) is 5.09. The number of halogens is 1. The Balaban J connectivity index is 0.00000441. The molecule has 0 aliphatic rings. The van der Waals surface area contributed by atoms with Crippen LogP contribution in [0.2, 0.25) is 0 Å². The molecule has 0 aliphatic carbocycles. The van der Waals surface area contributed by atoms with Crippen molar-refractivity contribution in [2.24, 2.45) is 18.7 Å². The van der Waals surface area contributed by atoms with Crippen LogP contribution in [0.3, 0.4) is 0 Å². The number of nitrogens with two attached hydrogens (primary N) is 1. The second-order valence-electron chi connectivity index (χ2n) is 5.53. The summed E-state index contributed by atoms with van der Waals surface area (Å²) in [5.74, 6) is -0.310. The van der Waals surface area contributed by atoms with Crippen molar-refractivity contribution < 1.29 is 13.2 Å². The van der Waals surface area contributed by atoms with E-state index in [1.54, 1.807) is 7.05 Å². The van der Waals surface area contributed by atoms with Gasteiger partial charge in [-0.1, -0.05) is 13.8 Å². The van der Waals surface area contributed by atoms with Crippen LogP contribution in [0.5, 0.6) is 0 Å². The second kappa shape index (κ2) is 7.91. The van der Waals surface area contributed by atoms with E-state index in [-0.39, 0.29) is 36.4 Å². The van der Waals surface area contributed by atoms with E-state index in [1.807, 2.05) is 20.8 Å². The lowest BCUT2D eigenvalue weighted by atomic mass is 9.88. The molecule has 0 radical (unpaired) electrons. The van der Waals surface area contributed by atoms with Crippen molar-refractivity contribution in [2.75, 3.05) is 13.1 Å². The Morgan fingerprint density at radius 3 is 2.50 bits per heavy atom. The van der Waals surface area contributed by atoms with Gasteiger partial charge >= 0.3 is 0 Å². The van der Waals surface area contributed by atoms with Gasteiger partial charge in [-0.15, -0.1) is 12.4 Å². The molecule has 1 atom stereocenters. The first-order valence-electron chi connectivity index (χ1n) is 6.59. The third-order valence-corrected chi connectivity index (χ3v) is 4.79. The second-order valence-corrected chi connectivity index (χ2v) is 7.24. The first kappa shape index (κ1) is 20.8. The molecule has 1 heterocycles. The van der Waals surface area contributed by atoms with Gasteiger partial charge in [0.2, 0.25) is 5.91 Å². The predicted octanol–water partition coefficient (Wildman–Crippen LogP) is -0.390. The largest absolute Gasteiger partial charge is 0.348 e. The van der Waals surface area contributed by atoms with Crippen LogP contribution in [0.4, 0.5) is 0 Å². The molecule has 0 fully saturated rings. The maximum atomic E-state index is 11.9. The van der Waals surface area contributed by atoms with Crippen LogP contribution in [-0.2, 0) is 21.9 Å². The lowest BCUT2D eigenvalue weighted by Crippen LogP contribution is -2.56. The van der Waals surface area contributed by atoms with Gasteiger partial charge in [-0.2, -0.15) is 0 Å². The molecule has 8 nitrogen and oxygen atoms in total. The summed E-state index contributed by atoms with van der Waals surface area (Å²) in [4.78, 5) is 15.6. The van der Waals surface area contributed by atoms with Gasteiger partial charge in [-0.25, -0.2) is 18.1 Å². The van der Waals surface area contributed by atoms with Crippen molar-refractivity contribution in [1.29, 1.82) is 0 Å². The molecule has 0 bridgehead atoms. The fraction of sp³-hybridized carbons (Fsp3) is 0.667. The zero-order chi connectivity index (χ0) is 16.3. The van der Waals surface area contributed by atoms with E-state index in [0.717, 1.165) is 0 Å². The van der Waals surface area contributed by atoms with Crippen molar-refractivity contribution >= 4 is 28.3 Å². The third kappa shape index (κ3) is 5.24.